The molecule has 2 nitrogen and oxygen atoms in total. The van der Waals surface area contributed by atoms with Gasteiger partial charge >= 0.3 is 0 Å². The zero-order valence-electron chi connectivity index (χ0n) is 7.98. The van der Waals surface area contributed by atoms with Crippen molar-refractivity contribution in [2.45, 2.75) is 45.6 Å². The standard InChI is InChI=1S/C9H21NO/c1-4-6-9(3,7-8-11)10-5-2/h10-11H,4-8H2,1-3H3. The molecular weight excluding hydrogens is 138 g/mol. The van der Waals surface area contributed by atoms with Crippen molar-refractivity contribution in [2.75, 3.05) is 13.2 Å². The quantitative estimate of drug-likeness (QED) is 0.616. The Hall–Kier alpha value is -0.0800. The molecule has 1 unspecified atom stereocenters. The minimum Gasteiger partial charge on any atom is -0.396 e. The van der Waals surface area contributed by atoms with Crippen LogP contribution in [0.4, 0.5) is 0 Å². The van der Waals surface area contributed by atoms with E-state index < -0.39 is 0 Å². The van der Waals surface area contributed by atoms with Crippen LogP contribution in [0.15, 0.2) is 0 Å². The van der Waals surface area contributed by atoms with Crippen molar-refractivity contribution in [3.8, 4) is 0 Å². The van der Waals surface area contributed by atoms with Crippen LogP contribution in [0, 0.1) is 0 Å². The largest absolute Gasteiger partial charge is 0.396 e. The van der Waals surface area contributed by atoms with Crippen LogP contribution in [0.1, 0.15) is 40.0 Å². The monoisotopic (exact) mass is 159 g/mol. The molecule has 0 saturated carbocycles. The maximum Gasteiger partial charge on any atom is 0.0448 e. The summed E-state index contributed by atoms with van der Waals surface area (Å²) in [5.74, 6) is 0. The highest BCUT2D eigenvalue weighted by molar-refractivity contribution is 4.81. The highest BCUT2D eigenvalue weighted by Gasteiger charge is 2.20. The summed E-state index contributed by atoms with van der Waals surface area (Å²) in [4.78, 5) is 0. The Morgan fingerprint density at radius 3 is 2.27 bits per heavy atom. The molecule has 0 spiro atoms. The molecule has 0 aliphatic rings. The zero-order valence-corrected chi connectivity index (χ0v) is 7.98. The average Bonchev–Trinajstić information content (AvgIpc) is 1.88. The summed E-state index contributed by atoms with van der Waals surface area (Å²) in [5, 5.41) is 12.2. The zero-order chi connectivity index (χ0) is 8.74. The first-order valence-corrected chi connectivity index (χ1v) is 4.54. The normalized spacial score (nSPS) is 16.4. The van der Waals surface area contributed by atoms with Crippen LogP contribution in [0.5, 0.6) is 0 Å². The van der Waals surface area contributed by atoms with Gasteiger partial charge in [0.15, 0.2) is 0 Å². The van der Waals surface area contributed by atoms with Crippen molar-refractivity contribution >= 4 is 0 Å². The lowest BCUT2D eigenvalue weighted by molar-refractivity contribution is 0.213. The summed E-state index contributed by atoms with van der Waals surface area (Å²) in [5.41, 5.74) is 0.151. The molecule has 1 atom stereocenters. The molecule has 0 radical (unpaired) electrons. The van der Waals surface area contributed by atoms with Gasteiger partial charge in [-0.2, -0.15) is 0 Å². The van der Waals surface area contributed by atoms with Gasteiger partial charge in [0.1, 0.15) is 0 Å². The topological polar surface area (TPSA) is 32.3 Å². The Kier molecular flexibility index (Phi) is 5.51. The van der Waals surface area contributed by atoms with Crippen LogP contribution >= 0.6 is 0 Å². The lowest BCUT2D eigenvalue weighted by Crippen LogP contribution is -2.42. The second-order valence-electron chi connectivity index (χ2n) is 3.31. The first-order chi connectivity index (χ1) is 5.18. The van der Waals surface area contributed by atoms with E-state index in [4.69, 9.17) is 5.11 Å². The molecule has 0 aliphatic carbocycles. The Bertz CT molecular complexity index is 76.5. The van der Waals surface area contributed by atoms with Crippen molar-refractivity contribution in [1.29, 1.82) is 0 Å². The third kappa shape index (κ3) is 4.38. The van der Waals surface area contributed by atoms with Gasteiger partial charge in [0.25, 0.3) is 0 Å². The Balaban J connectivity index is 3.79. The van der Waals surface area contributed by atoms with Gasteiger partial charge in [-0.3, -0.25) is 0 Å². The minimum absolute atomic E-state index is 0.151. The van der Waals surface area contributed by atoms with Gasteiger partial charge in [0.05, 0.1) is 0 Å². The lowest BCUT2D eigenvalue weighted by atomic mass is 9.92. The summed E-state index contributed by atoms with van der Waals surface area (Å²) in [6.07, 6.45) is 3.17. The Labute approximate surface area is 70.0 Å². The van der Waals surface area contributed by atoms with Gasteiger partial charge in [-0.1, -0.05) is 20.3 Å². The third-order valence-electron chi connectivity index (χ3n) is 2.07. The van der Waals surface area contributed by atoms with E-state index in [0.29, 0.717) is 0 Å². The molecule has 11 heavy (non-hydrogen) atoms. The third-order valence-corrected chi connectivity index (χ3v) is 2.07. The first kappa shape index (κ1) is 10.9. The van der Waals surface area contributed by atoms with Gasteiger partial charge in [-0.25, -0.2) is 0 Å². The van der Waals surface area contributed by atoms with Crippen LogP contribution in [-0.4, -0.2) is 23.8 Å². The van der Waals surface area contributed by atoms with E-state index >= 15 is 0 Å². The van der Waals surface area contributed by atoms with Crippen molar-refractivity contribution in [3.05, 3.63) is 0 Å². The van der Waals surface area contributed by atoms with E-state index in [1.165, 1.54) is 6.42 Å². The Morgan fingerprint density at radius 1 is 1.27 bits per heavy atom. The molecule has 0 bridgehead atoms. The summed E-state index contributed by atoms with van der Waals surface area (Å²) in [7, 11) is 0. The number of hydrogen-bond acceptors (Lipinski definition) is 2. The molecule has 0 aromatic carbocycles. The molecule has 0 aromatic heterocycles. The maximum absolute atomic E-state index is 8.82. The van der Waals surface area contributed by atoms with Crippen LogP contribution in [0.25, 0.3) is 0 Å². The van der Waals surface area contributed by atoms with Crippen molar-refractivity contribution in [2.24, 2.45) is 0 Å². The average molecular weight is 159 g/mol. The smallest absolute Gasteiger partial charge is 0.0448 e. The van der Waals surface area contributed by atoms with E-state index in [1.807, 2.05) is 0 Å². The second-order valence-corrected chi connectivity index (χ2v) is 3.31. The van der Waals surface area contributed by atoms with Crippen LogP contribution in [-0.2, 0) is 0 Å². The fourth-order valence-electron chi connectivity index (χ4n) is 1.53. The molecule has 2 N–H and O–H groups in total. The molecule has 68 valence electrons. The van der Waals surface area contributed by atoms with Gasteiger partial charge in [-0.15, -0.1) is 0 Å². The predicted octanol–water partition coefficient (Wildman–Crippen LogP) is 1.54. The van der Waals surface area contributed by atoms with Gasteiger partial charge < -0.3 is 10.4 Å². The SMILES string of the molecule is CCCC(C)(CCO)NCC. The number of aliphatic hydroxyl groups is 1. The number of hydrogen-bond donors (Lipinski definition) is 2. The molecule has 0 aromatic rings. The van der Waals surface area contributed by atoms with Crippen molar-refractivity contribution < 1.29 is 5.11 Å². The molecule has 0 aliphatic heterocycles. The molecule has 0 saturated heterocycles. The maximum atomic E-state index is 8.82. The number of rotatable bonds is 6. The molecule has 2 heteroatoms. The van der Waals surface area contributed by atoms with Crippen LogP contribution in [0.2, 0.25) is 0 Å². The fourth-order valence-corrected chi connectivity index (χ4v) is 1.53. The van der Waals surface area contributed by atoms with Gasteiger partial charge in [0, 0.05) is 12.1 Å². The summed E-state index contributed by atoms with van der Waals surface area (Å²) < 4.78 is 0. The van der Waals surface area contributed by atoms with E-state index in [0.717, 1.165) is 19.4 Å². The molecule has 0 rings (SSSR count). The van der Waals surface area contributed by atoms with E-state index in [-0.39, 0.29) is 12.1 Å². The second kappa shape index (κ2) is 5.56. The van der Waals surface area contributed by atoms with Crippen LogP contribution < -0.4 is 5.32 Å². The van der Waals surface area contributed by atoms with Gasteiger partial charge in [0.2, 0.25) is 0 Å². The number of nitrogens with one attached hydrogen (secondary N) is 1. The minimum atomic E-state index is 0.151. The number of aliphatic hydroxyl groups excluding tert-OH is 1. The summed E-state index contributed by atoms with van der Waals surface area (Å²) in [6.45, 7) is 7.72. The van der Waals surface area contributed by atoms with Crippen molar-refractivity contribution in [3.63, 3.8) is 0 Å². The molecule has 0 fully saturated rings. The highest BCUT2D eigenvalue weighted by atomic mass is 16.3. The predicted molar refractivity (Wildman–Crippen MR) is 48.7 cm³/mol. The van der Waals surface area contributed by atoms with Crippen molar-refractivity contribution in [1.82, 2.24) is 5.32 Å². The fraction of sp³-hybridized carbons (Fsp3) is 1.00. The molecule has 0 heterocycles. The lowest BCUT2D eigenvalue weighted by Gasteiger charge is -2.29. The van der Waals surface area contributed by atoms with Gasteiger partial charge in [-0.05, 0) is 26.3 Å². The molecule has 0 amide bonds. The first-order valence-electron chi connectivity index (χ1n) is 4.54. The highest BCUT2D eigenvalue weighted by Crippen LogP contribution is 2.15. The van der Waals surface area contributed by atoms with E-state index in [1.54, 1.807) is 0 Å². The summed E-state index contributed by atoms with van der Waals surface area (Å²) >= 11 is 0. The van der Waals surface area contributed by atoms with E-state index in [9.17, 15) is 0 Å². The molecular formula is C9H21NO. The van der Waals surface area contributed by atoms with E-state index in [2.05, 4.69) is 26.1 Å². The Morgan fingerprint density at radius 2 is 1.91 bits per heavy atom. The van der Waals surface area contributed by atoms with Crippen LogP contribution in [0.3, 0.4) is 0 Å². The summed E-state index contributed by atoms with van der Waals surface area (Å²) in [6, 6.07) is 0.